The van der Waals surface area contributed by atoms with Crippen molar-refractivity contribution in [3.8, 4) is 0 Å². The number of amides is 1. The van der Waals surface area contributed by atoms with Gasteiger partial charge in [0.15, 0.2) is 18.9 Å². The van der Waals surface area contributed by atoms with Gasteiger partial charge in [-0.1, -0.05) is 150 Å². The number of aliphatic hydroxyl groups is 11. The monoisotopic (exact) mass is 1120 g/mol. The molecule has 0 aromatic heterocycles. The minimum Gasteiger partial charge on any atom is -0.394 e. The molecule has 19 heteroatoms. The number of nitrogens with one attached hydrogen (secondary N) is 1. The highest BCUT2D eigenvalue weighted by molar-refractivity contribution is 5.76. The number of carbonyl (C=O) groups excluding carboxylic acids is 1. The Morgan fingerprint density at radius 2 is 0.886 bits per heavy atom. The van der Waals surface area contributed by atoms with Crippen LogP contribution in [0.4, 0.5) is 0 Å². The molecule has 0 aliphatic carbocycles. The van der Waals surface area contributed by atoms with Crippen molar-refractivity contribution >= 4 is 5.91 Å². The lowest BCUT2D eigenvalue weighted by atomic mass is 9.96. The maximum atomic E-state index is 13.3. The number of carbonyl (C=O) groups is 1. The minimum atomic E-state index is -1.99. The van der Waals surface area contributed by atoms with E-state index >= 15 is 0 Å². The van der Waals surface area contributed by atoms with Crippen LogP contribution in [0.15, 0.2) is 85.1 Å². The lowest BCUT2D eigenvalue weighted by Gasteiger charge is -2.48. The van der Waals surface area contributed by atoms with Crippen LogP contribution in [0.25, 0.3) is 0 Å². The first-order valence-corrected chi connectivity index (χ1v) is 29.3. The fourth-order valence-electron chi connectivity index (χ4n) is 9.33. The third kappa shape index (κ3) is 26.8. The molecule has 454 valence electrons. The summed E-state index contributed by atoms with van der Waals surface area (Å²) < 4.78 is 34.2. The summed E-state index contributed by atoms with van der Waals surface area (Å²) in [6, 6.07) is -1.02. The van der Waals surface area contributed by atoms with Crippen molar-refractivity contribution in [1.29, 1.82) is 0 Å². The Hall–Kier alpha value is -3.03. The van der Waals surface area contributed by atoms with Crippen LogP contribution in [-0.4, -0.2) is 193 Å². The largest absolute Gasteiger partial charge is 0.394 e. The van der Waals surface area contributed by atoms with Gasteiger partial charge in [-0.2, -0.15) is 0 Å². The van der Waals surface area contributed by atoms with Gasteiger partial charge < -0.3 is 89.9 Å². The lowest BCUT2D eigenvalue weighted by Crippen LogP contribution is -2.66. The van der Waals surface area contributed by atoms with Gasteiger partial charge in [0.25, 0.3) is 0 Å². The number of hydrogen-bond donors (Lipinski definition) is 12. The second-order valence-electron chi connectivity index (χ2n) is 20.7. The average Bonchev–Trinajstić information content (AvgIpc) is 3.47. The minimum absolute atomic E-state index is 0.175. The predicted octanol–water partition coefficient (Wildman–Crippen LogP) is 4.81. The molecule has 12 N–H and O–H groups in total. The van der Waals surface area contributed by atoms with Gasteiger partial charge in [-0.25, -0.2) is 0 Å². The van der Waals surface area contributed by atoms with Crippen LogP contribution < -0.4 is 5.32 Å². The highest BCUT2D eigenvalue weighted by Crippen LogP contribution is 2.33. The molecule has 17 atom stereocenters. The molecule has 79 heavy (non-hydrogen) atoms. The molecule has 3 aliphatic rings. The van der Waals surface area contributed by atoms with Crippen molar-refractivity contribution in [3.63, 3.8) is 0 Å². The van der Waals surface area contributed by atoms with Gasteiger partial charge in [-0.15, -0.1) is 0 Å². The van der Waals surface area contributed by atoms with E-state index in [0.29, 0.717) is 12.8 Å². The van der Waals surface area contributed by atoms with Crippen molar-refractivity contribution < 1.29 is 89.4 Å². The number of rotatable bonds is 41. The Balaban J connectivity index is 1.55. The summed E-state index contributed by atoms with van der Waals surface area (Å²) in [6.07, 6.45) is 24.3. The fourth-order valence-corrected chi connectivity index (χ4v) is 9.33. The smallest absolute Gasteiger partial charge is 0.220 e. The first-order chi connectivity index (χ1) is 38.3. The molecule has 3 rings (SSSR count). The molecule has 3 fully saturated rings. The molecule has 0 aromatic carbocycles. The Bertz CT molecular complexity index is 1770. The summed E-state index contributed by atoms with van der Waals surface area (Å²) in [5, 5.41) is 120. The van der Waals surface area contributed by atoms with Crippen molar-refractivity contribution in [1.82, 2.24) is 5.32 Å². The summed E-state index contributed by atoms with van der Waals surface area (Å²) in [4.78, 5) is 13.3. The van der Waals surface area contributed by atoms with E-state index in [4.69, 9.17) is 28.4 Å². The maximum Gasteiger partial charge on any atom is 0.220 e. The molecule has 19 nitrogen and oxygen atoms in total. The molecule has 1 amide bonds. The molecule has 0 spiro atoms. The first kappa shape index (κ1) is 70.2. The molecule has 3 heterocycles. The highest BCUT2D eigenvalue weighted by Gasteiger charge is 2.53. The summed E-state index contributed by atoms with van der Waals surface area (Å²) in [7, 11) is 0. The SMILES string of the molecule is CC/C=C\C/C=C\C/C=C\C/C=C\CCCCC(=O)NC(COC1OC(CO)C(OC2OC(CO)C(OC3OC(CO)C(O)C(O)C3O)C(O)C2O)C(O)C1O)C(O)/C=C/CC/C=C/CC/C=C/CCCCCCCCCCC. The molecule has 17 unspecified atom stereocenters. The molecule has 3 aliphatic heterocycles. The van der Waals surface area contributed by atoms with Crippen LogP contribution in [0.5, 0.6) is 0 Å². The predicted molar refractivity (Wildman–Crippen MR) is 300 cm³/mol. The van der Waals surface area contributed by atoms with Crippen LogP contribution in [-0.2, 0) is 33.2 Å². The molecule has 0 radical (unpaired) electrons. The van der Waals surface area contributed by atoms with E-state index in [-0.39, 0.29) is 12.3 Å². The summed E-state index contributed by atoms with van der Waals surface area (Å²) in [5.41, 5.74) is 0. The van der Waals surface area contributed by atoms with Crippen molar-refractivity contribution in [3.05, 3.63) is 85.1 Å². The zero-order valence-electron chi connectivity index (χ0n) is 47.1. The fraction of sp³-hybridized carbons (Fsp3) is 0.750. The molecular formula is C60H101NO18. The zero-order valence-corrected chi connectivity index (χ0v) is 47.1. The number of ether oxygens (including phenoxy) is 6. The normalized spacial score (nSPS) is 30.9. The van der Waals surface area contributed by atoms with Gasteiger partial charge in [0, 0.05) is 6.42 Å². The van der Waals surface area contributed by atoms with Crippen molar-refractivity contribution in [2.45, 2.75) is 259 Å². The quantitative estimate of drug-likeness (QED) is 0.0289. The molecule has 0 bridgehead atoms. The van der Waals surface area contributed by atoms with E-state index in [1.165, 1.54) is 57.8 Å². The Morgan fingerprint density at radius 3 is 1.42 bits per heavy atom. The summed E-state index contributed by atoms with van der Waals surface area (Å²) in [5.74, 6) is -0.335. The van der Waals surface area contributed by atoms with Crippen LogP contribution >= 0.6 is 0 Å². The van der Waals surface area contributed by atoms with Crippen LogP contribution in [0.1, 0.15) is 155 Å². The van der Waals surface area contributed by atoms with Gasteiger partial charge in [-0.3, -0.25) is 4.79 Å². The second kappa shape index (κ2) is 42.7. The topological polar surface area (TPSA) is 307 Å². The average molecular weight is 1120 g/mol. The molecule has 3 saturated heterocycles. The lowest BCUT2D eigenvalue weighted by molar-refractivity contribution is -0.379. The zero-order chi connectivity index (χ0) is 57.6. The molecular weight excluding hydrogens is 1020 g/mol. The van der Waals surface area contributed by atoms with E-state index in [2.05, 4.69) is 92.1 Å². The first-order valence-electron chi connectivity index (χ1n) is 29.3. The van der Waals surface area contributed by atoms with Gasteiger partial charge >= 0.3 is 0 Å². The van der Waals surface area contributed by atoms with Gasteiger partial charge in [0.1, 0.15) is 73.2 Å². The number of aliphatic hydroxyl groups excluding tert-OH is 11. The van der Waals surface area contributed by atoms with Gasteiger partial charge in [0.2, 0.25) is 5.91 Å². The Morgan fingerprint density at radius 1 is 0.468 bits per heavy atom. The Kier molecular flexibility index (Phi) is 38.0. The van der Waals surface area contributed by atoms with Crippen molar-refractivity contribution in [2.75, 3.05) is 26.4 Å². The highest BCUT2D eigenvalue weighted by atomic mass is 16.8. The summed E-state index contributed by atoms with van der Waals surface area (Å²) >= 11 is 0. The van der Waals surface area contributed by atoms with E-state index in [9.17, 15) is 61.0 Å². The van der Waals surface area contributed by atoms with Crippen molar-refractivity contribution in [2.24, 2.45) is 0 Å². The Labute approximate surface area is 470 Å². The molecule has 0 saturated carbocycles. The van der Waals surface area contributed by atoms with Gasteiger partial charge in [0.05, 0.1) is 38.6 Å². The van der Waals surface area contributed by atoms with E-state index < -0.39 is 131 Å². The van der Waals surface area contributed by atoms with Crippen LogP contribution in [0.3, 0.4) is 0 Å². The third-order valence-corrected chi connectivity index (χ3v) is 14.2. The van der Waals surface area contributed by atoms with E-state index in [1.54, 1.807) is 6.08 Å². The standard InChI is InChI=1S/C60H101NO18/c1-3-5-7-9-11-13-15-17-19-20-21-22-24-25-27-29-31-33-35-37-44(65)43(61-48(66)38-36-34-32-30-28-26-23-18-16-14-12-10-8-6-4-2)42-74-58-54(72)51(69)56(46(40-63)76-58)79-60-55(73)52(70)57(47(41-64)77-60)78-59-53(71)50(68)49(67)45(39-62)75-59/h6,8,12,14,18,21-23,27-30,35,37,43-47,49-60,62-65,67-73H,3-5,7,9-11,13,15-17,19-20,24-26,31-34,36,38-42H2,1-2H3,(H,61,66)/b8-6-,14-12-,22-21+,23-18-,29-27+,30-28-,37-35+. The second-order valence-corrected chi connectivity index (χ2v) is 20.7. The van der Waals surface area contributed by atoms with E-state index in [1.807, 2.05) is 6.08 Å². The van der Waals surface area contributed by atoms with Gasteiger partial charge in [-0.05, 0) is 83.5 Å². The number of allylic oxidation sites excluding steroid dienone is 13. The summed E-state index contributed by atoms with van der Waals surface area (Å²) in [6.45, 7) is 1.51. The van der Waals surface area contributed by atoms with Crippen LogP contribution in [0, 0.1) is 0 Å². The molecule has 0 aromatic rings. The third-order valence-electron chi connectivity index (χ3n) is 14.2. The number of unbranched alkanes of at least 4 members (excludes halogenated alkanes) is 13. The van der Waals surface area contributed by atoms with Crippen LogP contribution in [0.2, 0.25) is 0 Å². The van der Waals surface area contributed by atoms with E-state index in [0.717, 1.165) is 64.2 Å². The maximum absolute atomic E-state index is 13.3. The number of hydrogen-bond acceptors (Lipinski definition) is 18.